The number of nitrogens with zero attached hydrogens (tertiary/aromatic N) is 3. The average molecular weight is 390 g/mol. The van der Waals surface area contributed by atoms with Crippen LogP contribution in [0.2, 0.25) is 5.02 Å². The Bertz CT molecular complexity index is 775. The van der Waals surface area contributed by atoms with Crippen LogP contribution in [0.1, 0.15) is 32.0 Å². The Hall–Kier alpha value is -2.05. The monoisotopic (exact) mass is 389 g/mol. The van der Waals surface area contributed by atoms with E-state index in [4.69, 9.17) is 11.6 Å². The number of benzene rings is 1. The number of aromatic amines is 1. The lowest BCUT2D eigenvalue weighted by Crippen LogP contribution is -2.50. The quantitative estimate of drug-likeness (QED) is 0.825. The van der Waals surface area contributed by atoms with Crippen LogP contribution < -0.4 is 10.2 Å². The first-order chi connectivity index (χ1) is 12.8. The number of anilines is 1. The van der Waals surface area contributed by atoms with E-state index in [1.807, 2.05) is 29.3 Å². The van der Waals surface area contributed by atoms with Gasteiger partial charge in [0, 0.05) is 60.1 Å². The van der Waals surface area contributed by atoms with Gasteiger partial charge < -0.3 is 15.1 Å². The van der Waals surface area contributed by atoms with Crippen LogP contribution in [0.25, 0.3) is 0 Å². The first-order valence-electron chi connectivity index (χ1n) is 9.36. The van der Waals surface area contributed by atoms with Crippen LogP contribution in [0.3, 0.4) is 0 Å². The fourth-order valence-corrected chi connectivity index (χ4v) is 3.58. The van der Waals surface area contributed by atoms with Crippen LogP contribution in [-0.2, 0) is 16.8 Å². The Morgan fingerprint density at radius 2 is 2.00 bits per heavy atom. The molecule has 3 rings (SSSR count). The maximum Gasteiger partial charge on any atom is 0.236 e. The minimum absolute atomic E-state index is 0.00812. The Kier molecular flexibility index (Phi) is 6.07. The number of halogens is 1. The van der Waals surface area contributed by atoms with Crippen LogP contribution in [0, 0.1) is 0 Å². The maximum atomic E-state index is 12.5. The third kappa shape index (κ3) is 5.02. The summed E-state index contributed by atoms with van der Waals surface area (Å²) in [7, 11) is 0. The third-order valence-corrected chi connectivity index (χ3v) is 5.10. The summed E-state index contributed by atoms with van der Waals surface area (Å²) in [5, 5.41) is 11.2. The van der Waals surface area contributed by atoms with Crippen molar-refractivity contribution >= 4 is 23.2 Å². The number of H-pyrrole nitrogens is 1. The minimum Gasteiger partial charge on any atom is -0.368 e. The normalized spacial score (nSPS) is 15.3. The topological polar surface area (TPSA) is 64.3 Å². The molecule has 0 spiro atoms. The van der Waals surface area contributed by atoms with Crippen molar-refractivity contribution in [1.29, 1.82) is 0 Å². The number of piperazine rings is 1. The van der Waals surface area contributed by atoms with E-state index in [-0.39, 0.29) is 11.3 Å². The SMILES string of the molecule is CC(C)(C)c1[nH]ncc1CNCC(=O)N1CCN(c2cccc(Cl)c2)CC1. The van der Waals surface area contributed by atoms with Crippen molar-refractivity contribution in [2.75, 3.05) is 37.6 Å². The van der Waals surface area contributed by atoms with Gasteiger partial charge in [0.15, 0.2) is 0 Å². The van der Waals surface area contributed by atoms with Crippen LogP contribution in [-0.4, -0.2) is 53.7 Å². The summed E-state index contributed by atoms with van der Waals surface area (Å²) >= 11 is 6.08. The largest absolute Gasteiger partial charge is 0.368 e. The zero-order valence-corrected chi connectivity index (χ0v) is 17.0. The van der Waals surface area contributed by atoms with Gasteiger partial charge in [-0.05, 0) is 18.2 Å². The lowest BCUT2D eigenvalue weighted by molar-refractivity contribution is -0.130. The molecule has 0 aliphatic carbocycles. The van der Waals surface area contributed by atoms with Gasteiger partial charge in [-0.1, -0.05) is 38.4 Å². The Labute approximate surface area is 165 Å². The molecule has 0 radical (unpaired) electrons. The molecule has 0 saturated carbocycles. The van der Waals surface area contributed by atoms with E-state index >= 15 is 0 Å². The smallest absolute Gasteiger partial charge is 0.236 e. The van der Waals surface area contributed by atoms with E-state index in [2.05, 4.69) is 47.3 Å². The van der Waals surface area contributed by atoms with Crippen LogP contribution in [0.5, 0.6) is 0 Å². The molecule has 0 bridgehead atoms. The van der Waals surface area contributed by atoms with Gasteiger partial charge in [0.2, 0.25) is 5.91 Å². The number of rotatable bonds is 5. The van der Waals surface area contributed by atoms with Crippen molar-refractivity contribution in [3.05, 3.63) is 46.7 Å². The summed E-state index contributed by atoms with van der Waals surface area (Å²) in [6, 6.07) is 7.86. The summed E-state index contributed by atoms with van der Waals surface area (Å²) in [6.45, 7) is 10.5. The molecule has 1 saturated heterocycles. The fourth-order valence-electron chi connectivity index (χ4n) is 3.40. The third-order valence-electron chi connectivity index (χ3n) is 4.87. The molecule has 2 heterocycles. The van der Waals surface area contributed by atoms with Crippen molar-refractivity contribution in [1.82, 2.24) is 20.4 Å². The van der Waals surface area contributed by atoms with E-state index in [1.165, 1.54) is 0 Å². The summed E-state index contributed by atoms with van der Waals surface area (Å²) < 4.78 is 0. The van der Waals surface area contributed by atoms with Crippen molar-refractivity contribution in [2.24, 2.45) is 0 Å². The molecule has 2 N–H and O–H groups in total. The molecule has 7 heteroatoms. The Balaban J connectivity index is 1.46. The number of hydrogen-bond donors (Lipinski definition) is 2. The van der Waals surface area contributed by atoms with Crippen LogP contribution in [0.15, 0.2) is 30.5 Å². The summed E-state index contributed by atoms with van der Waals surface area (Å²) in [6.07, 6.45) is 1.84. The highest BCUT2D eigenvalue weighted by Crippen LogP contribution is 2.23. The standard InChI is InChI=1S/C20H28ClN5O/c1-20(2,3)19-15(13-23-24-19)12-22-14-18(27)26-9-7-25(8-10-26)17-6-4-5-16(21)11-17/h4-6,11,13,22H,7-10,12,14H2,1-3H3,(H,23,24). The van der Waals surface area contributed by atoms with Gasteiger partial charge in [-0.25, -0.2) is 0 Å². The molecule has 1 aliphatic rings. The number of carbonyl (C=O) groups excluding carboxylic acids is 1. The predicted octanol–water partition coefficient (Wildman–Crippen LogP) is 2.80. The van der Waals surface area contributed by atoms with Gasteiger partial charge in [-0.2, -0.15) is 5.10 Å². The molecular formula is C20H28ClN5O. The highest BCUT2D eigenvalue weighted by Gasteiger charge is 2.22. The molecule has 1 aromatic heterocycles. The number of nitrogens with one attached hydrogen (secondary N) is 2. The van der Waals surface area contributed by atoms with Crippen molar-refractivity contribution in [3.63, 3.8) is 0 Å². The van der Waals surface area contributed by atoms with Crippen LogP contribution in [0.4, 0.5) is 5.69 Å². The molecule has 1 fully saturated rings. The lowest BCUT2D eigenvalue weighted by atomic mass is 9.89. The zero-order valence-electron chi connectivity index (χ0n) is 16.3. The van der Waals surface area contributed by atoms with Gasteiger partial charge in [0.25, 0.3) is 0 Å². The Morgan fingerprint density at radius 1 is 1.26 bits per heavy atom. The molecule has 1 aliphatic heterocycles. The second-order valence-electron chi connectivity index (χ2n) is 7.97. The summed E-state index contributed by atoms with van der Waals surface area (Å²) in [4.78, 5) is 16.7. The lowest BCUT2D eigenvalue weighted by Gasteiger charge is -2.36. The van der Waals surface area contributed by atoms with Gasteiger partial charge in [0.05, 0.1) is 12.7 Å². The molecule has 6 nitrogen and oxygen atoms in total. The van der Waals surface area contributed by atoms with E-state index in [9.17, 15) is 4.79 Å². The Morgan fingerprint density at radius 3 is 2.67 bits per heavy atom. The van der Waals surface area contributed by atoms with Crippen molar-refractivity contribution in [3.8, 4) is 0 Å². The second kappa shape index (κ2) is 8.31. The molecule has 27 heavy (non-hydrogen) atoms. The fraction of sp³-hybridized carbons (Fsp3) is 0.500. The molecule has 0 unspecified atom stereocenters. The van der Waals surface area contributed by atoms with E-state index in [1.54, 1.807) is 0 Å². The highest BCUT2D eigenvalue weighted by atomic mass is 35.5. The zero-order chi connectivity index (χ0) is 19.4. The molecule has 1 amide bonds. The number of carbonyl (C=O) groups is 1. The highest BCUT2D eigenvalue weighted by molar-refractivity contribution is 6.30. The number of amides is 1. The summed E-state index contributed by atoms with van der Waals surface area (Å²) in [5.41, 5.74) is 3.34. The number of hydrogen-bond acceptors (Lipinski definition) is 4. The minimum atomic E-state index is 0.00812. The molecule has 146 valence electrons. The van der Waals surface area contributed by atoms with E-state index in [0.717, 1.165) is 48.1 Å². The molecular weight excluding hydrogens is 362 g/mol. The second-order valence-corrected chi connectivity index (χ2v) is 8.41. The molecule has 2 aromatic rings. The predicted molar refractivity (Wildman–Crippen MR) is 109 cm³/mol. The van der Waals surface area contributed by atoms with Gasteiger partial charge in [-0.15, -0.1) is 0 Å². The van der Waals surface area contributed by atoms with E-state index in [0.29, 0.717) is 13.1 Å². The first-order valence-corrected chi connectivity index (χ1v) is 9.74. The van der Waals surface area contributed by atoms with Crippen molar-refractivity contribution in [2.45, 2.75) is 32.7 Å². The first kappa shape index (κ1) is 19.7. The van der Waals surface area contributed by atoms with Crippen molar-refractivity contribution < 1.29 is 4.79 Å². The van der Waals surface area contributed by atoms with E-state index < -0.39 is 0 Å². The number of aromatic nitrogens is 2. The van der Waals surface area contributed by atoms with Crippen LogP contribution >= 0.6 is 11.6 Å². The van der Waals surface area contributed by atoms with Gasteiger partial charge in [-0.3, -0.25) is 9.89 Å². The van der Waals surface area contributed by atoms with Gasteiger partial charge in [0.1, 0.15) is 0 Å². The molecule has 1 aromatic carbocycles. The average Bonchev–Trinajstić information content (AvgIpc) is 3.11. The van der Waals surface area contributed by atoms with Gasteiger partial charge >= 0.3 is 0 Å². The molecule has 0 atom stereocenters. The summed E-state index contributed by atoms with van der Waals surface area (Å²) in [5.74, 6) is 0.140. The maximum absolute atomic E-state index is 12.5.